The number of hydrogen-bond donors (Lipinski definition) is 1. The van der Waals surface area contributed by atoms with Crippen molar-refractivity contribution in [1.82, 2.24) is 14.4 Å². The molecule has 3 heterocycles. The van der Waals surface area contributed by atoms with Crippen molar-refractivity contribution >= 4 is 11.3 Å². The van der Waals surface area contributed by atoms with E-state index in [2.05, 4.69) is 15.3 Å². The number of fused-ring (bicyclic) bond motifs is 1. The predicted molar refractivity (Wildman–Crippen MR) is 76.2 cm³/mol. The molecule has 0 saturated heterocycles. The van der Waals surface area contributed by atoms with Crippen LogP contribution in [-0.4, -0.2) is 14.4 Å². The number of anilines is 1. The van der Waals surface area contributed by atoms with E-state index in [0.29, 0.717) is 12.2 Å². The SMILES string of the molecule is Cc1cccn2cc(CNc3ccc(C#N)nc3)nc12. The molecule has 1 N–H and O–H groups in total. The summed E-state index contributed by atoms with van der Waals surface area (Å²) in [6.07, 6.45) is 5.65. The number of nitrogens with one attached hydrogen (secondary N) is 1. The fourth-order valence-electron chi connectivity index (χ4n) is 2.05. The van der Waals surface area contributed by atoms with E-state index in [1.807, 2.05) is 48.0 Å². The molecule has 0 aliphatic carbocycles. The third-order valence-corrected chi connectivity index (χ3v) is 3.08. The van der Waals surface area contributed by atoms with Crippen LogP contribution in [0.4, 0.5) is 5.69 Å². The summed E-state index contributed by atoms with van der Waals surface area (Å²) in [6.45, 7) is 2.67. The number of aryl methyl sites for hydroxylation is 1. The van der Waals surface area contributed by atoms with Gasteiger partial charge in [-0.25, -0.2) is 9.97 Å². The molecule has 3 aromatic heterocycles. The van der Waals surface area contributed by atoms with Crippen molar-refractivity contribution in [2.24, 2.45) is 0 Å². The van der Waals surface area contributed by atoms with Gasteiger partial charge in [-0.2, -0.15) is 5.26 Å². The Labute approximate surface area is 116 Å². The van der Waals surface area contributed by atoms with Gasteiger partial charge in [-0.1, -0.05) is 6.07 Å². The van der Waals surface area contributed by atoms with Gasteiger partial charge in [-0.05, 0) is 30.7 Å². The first-order valence-electron chi connectivity index (χ1n) is 6.29. The molecule has 0 atom stereocenters. The minimum absolute atomic E-state index is 0.416. The number of aromatic nitrogens is 3. The molecule has 20 heavy (non-hydrogen) atoms. The molecule has 5 heteroatoms. The molecule has 0 saturated carbocycles. The van der Waals surface area contributed by atoms with Gasteiger partial charge in [0, 0.05) is 12.4 Å². The highest BCUT2D eigenvalue weighted by atomic mass is 15.0. The van der Waals surface area contributed by atoms with Crippen LogP contribution in [0.25, 0.3) is 5.65 Å². The first kappa shape index (κ1) is 12.2. The van der Waals surface area contributed by atoms with Crippen molar-refractivity contribution in [1.29, 1.82) is 5.26 Å². The minimum atomic E-state index is 0.416. The quantitative estimate of drug-likeness (QED) is 0.788. The van der Waals surface area contributed by atoms with Gasteiger partial charge in [0.15, 0.2) is 0 Å². The van der Waals surface area contributed by atoms with E-state index in [9.17, 15) is 0 Å². The van der Waals surface area contributed by atoms with Crippen molar-refractivity contribution in [3.8, 4) is 6.07 Å². The Balaban J connectivity index is 1.76. The second kappa shape index (κ2) is 5.02. The summed E-state index contributed by atoms with van der Waals surface area (Å²) in [5.74, 6) is 0. The highest BCUT2D eigenvalue weighted by Crippen LogP contribution is 2.12. The highest BCUT2D eigenvalue weighted by molar-refractivity contribution is 5.49. The van der Waals surface area contributed by atoms with Gasteiger partial charge in [0.05, 0.1) is 24.1 Å². The van der Waals surface area contributed by atoms with E-state index >= 15 is 0 Å². The van der Waals surface area contributed by atoms with Gasteiger partial charge in [-0.3, -0.25) is 0 Å². The van der Waals surface area contributed by atoms with Crippen molar-refractivity contribution in [3.63, 3.8) is 0 Å². The molecule has 0 amide bonds. The second-order valence-electron chi connectivity index (χ2n) is 4.55. The van der Waals surface area contributed by atoms with E-state index in [1.165, 1.54) is 0 Å². The van der Waals surface area contributed by atoms with Crippen molar-refractivity contribution < 1.29 is 0 Å². The fourth-order valence-corrected chi connectivity index (χ4v) is 2.05. The third kappa shape index (κ3) is 2.31. The third-order valence-electron chi connectivity index (χ3n) is 3.08. The van der Waals surface area contributed by atoms with Gasteiger partial charge < -0.3 is 9.72 Å². The van der Waals surface area contributed by atoms with Crippen LogP contribution in [0.5, 0.6) is 0 Å². The Morgan fingerprint density at radius 3 is 2.95 bits per heavy atom. The van der Waals surface area contributed by atoms with Crippen LogP contribution in [0.1, 0.15) is 17.0 Å². The topological polar surface area (TPSA) is 66.0 Å². The highest BCUT2D eigenvalue weighted by Gasteiger charge is 2.03. The standard InChI is InChI=1S/C15H13N5/c1-11-3-2-6-20-10-14(19-15(11)20)9-18-13-5-4-12(7-16)17-8-13/h2-6,8,10,18H,9H2,1H3. The summed E-state index contributed by atoms with van der Waals surface area (Å²) in [6, 6.07) is 9.58. The summed E-state index contributed by atoms with van der Waals surface area (Å²) in [7, 11) is 0. The van der Waals surface area contributed by atoms with E-state index < -0.39 is 0 Å². The molecular weight excluding hydrogens is 250 g/mol. The molecule has 0 bridgehead atoms. The van der Waals surface area contributed by atoms with Gasteiger partial charge in [0.1, 0.15) is 17.4 Å². The van der Waals surface area contributed by atoms with Gasteiger partial charge in [-0.15, -0.1) is 0 Å². The van der Waals surface area contributed by atoms with Crippen LogP contribution < -0.4 is 5.32 Å². The van der Waals surface area contributed by atoms with E-state index in [1.54, 1.807) is 12.3 Å². The van der Waals surface area contributed by atoms with Crippen LogP contribution in [0.3, 0.4) is 0 Å². The average Bonchev–Trinajstić information content (AvgIpc) is 2.90. The van der Waals surface area contributed by atoms with Crippen LogP contribution >= 0.6 is 0 Å². The zero-order valence-electron chi connectivity index (χ0n) is 11.0. The van der Waals surface area contributed by atoms with E-state index in [4.69, 9.17) is 5.26 Å². The molecule has 3 aromatic rings. The molecule has 0 radical (unpaired) electrons. The predicted octanol–water partition coefficient (Wildman–Crippen LogP) is 2.52. The molecule has 0 aliphatic rings. The molecule has 5 nitrogen and oxygen atoms in total. The number of nitriles is 1. The molecule has 0 aliphatic heterocycles. The lowest BCUT2D eigenvalue weighted by molar-refractivity contribution is 1.07. The summed E-state index contributed by atoms with van der Waals surface area (Å²) >= 11 is 0. The molecule has 0 spiro atoms. The first-order chi connectivity index (χ1) is 9.76. The monoisotopic (exact) mass is 263 g/mol. The normalized spacial score (nSPS) is 10.4. The molecule has 0 unspecified atom stereocenters. The maximum Gasteiger partial charge on any atom is 0.140 e. The largest absolute Gasteiger partial charge is 0.378 e. The van der Waals surface area contributed by atoms with Crippen LogP contribution in [0.2, 0.25) is 0 Å². The van der Waals surface area contributed by atoms with Crippen LogP contribution in [0.15, 0.2) is 42.9 Å². The fraction of sp³-hybridized carbons (Fsp3) is 0.133. The van der Waals surface area contributed by atoms with Gasteiger partial charge in [0.2, 0.25) is 0 Å². The molecule has 0 fully saturated rings. The molecule has 98 valence electrons. The number of hydrogen-bond acceptors (Lipinski definition) is 4. The Morgan fingerprint density at radius 2 is 2.25 bits per heavy atom. The summed E-state index contributed by atoms with van der Waals surface area (Å²) in [5.41, 5.74) is 4.38. The van der Waals surface area contributed by atoms with E-state index in [-0.39, 0.29) is 0 Å². The second-order valence-corrected chi connectivity index (χ2v) is 4.55. The van der Waals surface area contributed by atoms with Crippen molar-refractivity contribution in [3.05, 3.63) is 59.8 Å². The lowest BCUT2D eigenvalue weighted by Gasteiger charge is -2.02. The average molecular weight is 263 g/mol. The number of nitrogens with zero attached hydrogens (tertiary/aromatic N) is 4. The lowest BCUT2D eigenvalue weighted by Crippen LogP contribution is -2.00. The zero-order chi connectivity index (χ0) is 13.9. The number of imidazole rings is 1. The minimum Gasteiger partial charge on any atom is -0.378 e. The van der Waals surface area contributed by atoms with Gasteiger partial charge >= 0.3 is 0 Å². The van der Waals surface area contributed by atoms with Crippen molar-refractivity contribution in [2.45, 2.75) is 13.5 Å². The molecular formula is C15H13N5. The first-order valence-corrected chi connectivity index (χ1v) is 6.29. The molecule has 0 aromatic carbocycles. The Hall–Kier alpha value is -2.87. The number of pyridine rings is 2. The van der Waals surface area contributed by atoms with Crippen LogP contribution in [-0.2, 0) is 6.54 Å². The molecule has 3 rings (SSSR count). The summed E-state index contributed by atoms with van der Waals surface area (Å²) in [5, 5.41) is 11.9. The zero-order valence-corrected chi connectivity index (χ0v) is 11.0. The van der Waals surface area contributed by atoms with Gasteiger partial charge in [0.25, 0.3) is 0 Å². The maximum atomic E-state index is 8.70. The Bertz CT molecular complexity index is 780. The lowest BCUT2D eigenvalue weighted by atomic mass is 10.3. The maximum absolute atomic E-state index is 8.70. The summed E-state index contributed by atoms with van der Waals surface area (Å²) in [4.78, 5) is 8.61. The van der Waals surface area contributed by atoms with Crippen molar-refractivity contribution in [2.75, 3.05) is 5.32 Å². The Kier molecular flexibility index (Phi) is 3.05. The number of rotatable bonds is 3. The van der Waals surface area contributed by atoms with E-state index in [0.717, 1.165) is 22.6 Å². The Morgan fingerprint density at radius 1 is 1.35 bits per heavy atom. The smallest absolute Gasteiger partial charge is 0.140 e. The van der Waals surface area contributed by atoms with Crippen LogP contribution in [0, 0.1) is 18.3 Å². The summed E-state index contributed by atoms with van der Waals surface area (Å²) < 4.78 is 2.02.